The molecule has 0 aliphatic carbocycles. The summed E-state index contributed by atoms with van der Waals surface area (Å²) in [6.45, 7) is 5.65. The molecule has 122 valence electrons. The highest BCUT2D eigenvalue weighted by molar-refractivity contribution is 7.89. The topological polar surface area (TPSA) is 52.7 Å². The molecule has 0 radical (unpaired) electrons. The average molecular weight is 315 g/mol. The van der Waals surface area contributed by atoms with Gasteiger partial charge in [-0.1, -0.05) is 0 Å². The lowest BCUT2D eigenvalue weighted by Crippen LogP contribution is -2.52. The van der Waals surface area contributed by atoms with Crippen molar-refractivity contribution in [3.8, 4) is 0 Å². The van der Waals surface area contributed by atoms with Gasteiger partial charge in [0.15, 0.2) is 0 Å². The summed E-state index contributed by atoms with van der Waals surface area (Å²) in [5.41, 5.74) is 0. The van der Waals surface area contributed by atoms with Crippen molar-refractivity contribution >= 4 is 10.0 Å². The number of nitrogens with one attached hydrogen (secondary N) is 1. The maximum absolute atomic E-state index is 11.9. The number of nitrogens with zero attached hydrogens (tertiary/aromatic N) is 2. The standard InChI is InChI=1S/C15H29N3O2S/c1-2-21(19,20)18-10-6-13(7-11-18)16-14-5-9-17-8-3-4-15(17)12-14/h13-16H,2-12H2,1H3. The SMILES string of the molecule is CCS(=O)(=O)N1CCC(NC2CCN3CCCC3C2)CC1. The minimum absolute atomic E-state index is 0.227. The van der Waals surface area contributed by atoms with Gasteiger partial charge in [0, 0.05) is 31.2 Å². The first-order valence-corrected chi connectivity index (χ1v) is 10.2. The van der Waals surface area contributed by atoms with Crippen molar-refractivity contribution < 1.29 is 8.42 Å². The van der Waals surface area contributed by atoms with Gasteiger partial charge < -0.3 is 10.2 Å². The zero-order chi connectivity index (χ0) is 14.9. The van der Waals surface area contributed by atoms with Crippen LogP contribution in [0.15, 0.2) is 0 Å². The van der Waals surface area contributed by atoms with E-state index in [9.17, 15) is 8.42 Å². The van der Waals surface area contributed by atoms with E-state index < -0.39 is 10.0 Å². The molecule has 3 saturated heterocycles. The van der Waals surface area contributed by atoms with Crippen LogP contribution >= 0.6 is 0 Å². The Labute approximate surface area is 129 Å². The van der Waals surface area contributed by atoms with Crippen LogP contribution < -0.4 is 5.32 Å². The number of rotatable bonds is 4. The Hall–Kier alpha value is -0.170. The van der Waals surface area contributed by atoms with Crippen LogP contribution in [0.1, 0.15) is 45.4 Å². The molecule has 0 saturated carbocycles. The molecule has 5 nitrogen and oxygen atoms in total. The molecule has 21 heavy (non-hydrogen) atoms. The predicted molar refractivity (Wildman–Crippen MR) is 84.8 cm³/mol. The number of hydrogen-bond acceptors (Lipinski definition) is 4. The van der Waals surface area contributed by atoms with Crippen molar-refractivity contribution in [1.82, 2.24) is 14.5 Å². The van der Waals surface area contributed by atoms with Gasteiger partial charge in [0.1, 0.15) is 0 Å². The predicted octanol–water partition coefficient (Wildman–Crippen LogP) is 1.02. The summed E-state index contributed by atoms with van der Waals surface area (Å²) in [6.07, 6.45) is 7.20. The zero-order valence-corrected chi connectivity index (χ0v) is 13.9. The van der Waals surface area contributed by atoms with Gasteiger partial charge in [-0.3, -0.25) is 0 Å². The second-order valence-corrected chi connectivity index (χ2v) is 9.05. The zero-order valence-electron chi connectivity index (χ0n) is 13.1. The molecule has 3 heterocycles. The van der Waals surface area contributed by atoms with E-state index in [1.165, 1.54) is 38.8 Å². The van der Waals surface area contributed by atoms with Crippen LogP contribution in [0.2, 0.25) is 0 Å². The quantitative estimate of drug-likeness (QED) is 0.841. The van der Waals surface area contributed by atoms with Crippen LogP contribution in [0.4, 0.5) is 0 Å². The highest BCUT2D eigenvalue weighted by Gasteiger charge is 2.33. The van der Waals surface area contributed by atoms with Crippen molar-refractivity contribution in [3.63, 3.8) is 0 Å². The molecule has 1 N–H and O–H groups in total. The fraction of sp³-hybridized carbons (Fsp3) is 1.00. The lowest BCUT2D eigenvalue weighted by molar-refractivity contribution is 0.152. The largest absolute Gasteiger partial charge is 0.311 e. The Morgan fingerprint density at radius 2 is 1.71 bits per heavy atom. The molecule has 2 atom stereocenters. The van der Waals surface area contributed by atoms with Gasteiger partial charge in [-0.2, -0.15) is 0 Å². The third-order valence-corrected chi connectivity index (χ3v) is 7.39. The van der Waals surface area contributed by atoms with Crippen molar-refractivity contribution in [3.05, 3.63) is 0 Å². The van der Waals surface area contributed by atoms with Crippen molar-refractivity contribution in [2.75, 3.05) is 31.9 Å². The van der Waals surface area contributed by atoms with E-state index in [2.05, 4.69) is 10.2 Å². The molecule has 3 aliphatic heterocycles. The van der Waals surface area contributed by atoms with E-state index in [1.807, 2.05) is 0 Å². The maximum Gasteiger partial charge on any atom is 0.213 e. The molecule has 3 aliphatic rings. The van der Waals surface area contributed by atoms with Gasteiger partial charge in [-0.05, 0) is 58.5 Å². The summed E-state index contributed by atoms with van der Waals surface area (Å²) >= 11 is 0. The summed E-state index contributed by atoms with van der Waals surface area (Å²) in [4.78, 5) is 2.65. The van der Waals surface area contributed by atoms with Crippen LogP contribution in [0.3, 0.4) is 0 Å². The minimum Gasteiger partial charge on any atom is -0.311 e. The monoisotopic (exact) mass is 315 g/mol. The van der Waals surface area contributed by atoms with Crippen LogP contribution in [0.5, 0.6) is 0 Å². The van der Waals surface area contributed by atoms with E-state index in [0.717, 1.165) is 18.9 Å². The molecule has 0 spiro atoms. The molecule has 0 aromatic rings. The summed E-state index contributed by atoms with van der Waals surface area (Å²) in [7, 11) is -2.99. The molecule has 3 rings (SSSR count). The smallest absolute Gasteiger partial charge is 0.213 e. The molecule has 2 unspecified atom stereocenters. The fourth-order valence-corrected chi connectivity index (χ4v) is 5.32. The second-order valence-electron chi connectivity index (χ2n) is 6.79. The molecule has 0 amide bonds. The summed E-state index contributed by atoms with van der Waals surface area (Å²) < 4.78 is 25.4. The third kappa shape index (κ3) is 3.60. The number of piperidine rings is 2. The van der Waals surface area contributed by atoms with Crippen LogP contribution in [0, 0.1) is 0 Å². The lowest BCUT2D eigenvalue weighted by Gasteiger charge is -2.39. The van der Waals surface area contributed by atoms with E-state index in [4.69, 9.17) is 0 Å². The van der Waals surface area contributed by atoms with Crippen molar-refractivity contribution in [2.24, 2.45) is 0 Å². The van der Waals surface area contributed by atoms with Crippen molar-refractivity contribution in [2.45, 2.75) is 63.6 Å². The normalized spacial score (nSPS) is 33.2. The van der Waals surface area contributed by atoms with Crippen LogP contribution in [0.25, 0.3) is 0 Å². The van der Waals surface area contributed by atoms with E-state index in [0.29, 0.717) is 25.2 Å². The van der Waals surface area contributed by atoms with Crippen LogP contribution in [-0.2, 0) is 10.0 Å². The first-order valence-electron chi connectivity index (χ1n) is 8.56. The molecule has 3 fully saturated rings. The van der Waals surface area contributed by atoms with Gasteiger partial charge in [-0.25, -0.2) is 12.7 Å². The van der Waals surface area contributed by atoms with Crippen molar-refractivity contribution in [1.29, 1.82) is 0 Å². The lowest BCUT2D eigenvalue weighted by atomic mass is 9.95. The molecule has 6 heteroatoms. The molecule has 0 aromatic heterocycles. The average Bonchev–Trinajstić information content (AvgIpc) is 2.95. The second kappa shape index (κ2) is 6.52. The molecular weight excluding hydrogens is 286 g/mol. The van der Waals surface area contributed by atoms with Gasteiger partial charge in [0.2, 0.25) is 10.0 Å². The summed E-state index contributed by atoms with van der Waals surface area (Å²) in [5, 5.41) is 3.81. The Balaban J connectivity index is 1.45. The molecular formula is C15H29N3O2S. The highest BCUT2D eigenvalue weighted by Crippen LogP contribution is 2.27. The van der Waals surface area contributed by atoms with Gasteiger partial charge >= 0.3 is 0 Å². The Bertz CT molecular complexity index is 446. The van der Waals surface area contributed by atoms with Crippen LogP contribution in [-0.4, -0.2) is 67.7 Å². The first kappa shape index (κ1) is 15.7. The minimum atomic E-state index is -2.99. The Morgan fingerprint density at radius 1 is 1.00 bits per heavy atom. The number of fused-ring (bicyclic) bond motifs is 1. The summed E-state index contributed by atoms with van der Waals surface area (Å²) in [6, 6.07) is 1.95. The van der Waals surface area contributed by atoms with Gasteiger partial charge in [0.05, 0.1) is 5.75 Å². The summed E-state index contributed by atoms with van der Waals surface area (Å²) in [5.74, 6) is 0.227. The van der Waals surface area contributed by atoms with Gasteiger partial charge in [-0.15, -0.1) is 0 Å². The number of sulfonamides is 1. The Kier molecular flexibility index (Phi) is 4.88. The number of hydrogen-bond donors (Lipinski definition) is 1. The first-order chi connectivity index (χ1) is 10.1. The Morgan fingerprint density at radius 3 is 2.43 bits per heavy atom. The van der Waals surface area contributed by atoms with E-state index in [1.54, 1.807) is 11.2 Å². The maximum atomic E-state index is 11.9. The highest BCUT2D eigenvalue weighted by atomic mass is 32.2. The van der Waals surface area contributed by atoms with E-state index in [-0.39, 0.29) is 5.75 Å². The molecule has 0 bridgehead atoms. The third-order valence-electron chi connectivity index (χ3n) is 5.50. The van der Waals surface area contributed by atoms with E-state index >= 15 is 0 Å². The fourth-order valence-electron chi connectivity index (χ4n) is 4.19. The molecule has 0 aromatic carbocycles. The van der Waals surface area contributed by atoms with Gasteiger partial charge in [0.25, 0.3) is 0 Å².